The van der Waals surface area contributed by atoms with Crippen molar-refractivity contribution in [3.8, 4) is 0 Å². The number of piperidine rings is 1. The zero-order valence-electron chi connectivity index (χ0n) is 14.8. The van der Waals surface area contributed by atoms with Crippen LogP contribution in [0.25, 0.3) is 0 Å². The Morgan fingerprint density at radius 3 is 2.68 bits per heavy atom. The van der Waals surface area contributed by atoms with E-state index in [0.29, 0.717) is 32.7 Å². The number of anilines is 1. The van der Waals surface area contributed by atoms with Gasteiger partial charge >= 0.3 is 0 Å². The van der Waals surface area contributed by atoms with Crippen molar-refractivity contribution in [2.45, 2.75) is 19.8 Å². The van der Waals surface area contributed by atoms with E-state index in [1.807, 2.05) is 37.3 Å². The minimum absolute atomic E-state index is 0. The molecule has 0 aliphatic carbocycles. The maximum absolute atomic E-state index is 12.7. The van der Waals surface area contributed by atoms with E-state index in [-0.39, 0.29) is 30.1 Å². The largest absolute Gasteiger partial charge is 0.355 e. The van der Waals surface area contributed by atoms with Crippen LogP contribution in [0.3, 0.4) is 0 Å². The summed E-state index contributed by atoms with van der Waals surface area (Å²) in [7, 11) is 0. The number of para-hydroxylation sites is 1. The normalized spacial score (nSPS) is 17.4. The molecule has 1 heterocycles. The molecule has 2 rings (SSSR count). The number of likely N-dealkylation sites (tertiary alicyclic amines) is 1. The summed E-state index contributed by atoms with van der Waals surface area (Å²) in [5.74, 6) is 0.0737. The van der Waals surface area contributed by atoms with Gasteiger partial charge in [0.25, 0.3) is 0 Å². The number of carbonyl (C=O) groups is 2. The summed E-state index contributed by atoms with van der Waals surface area (Å²) in [6.07, 6.45) is 1.81. The molecule has 3 N–H and O–H groups in total. The first-order valence-corrected chi connectivity index (χ1v) is 8.71. The molecule has 25 heavy (non-hydrogen) atoms. The molecule has 1 atom stereocenters. The fraction of sp³-hybridized carbons (Fsp3) is 0.556. The first-order chi connectivity index (χ1) is 11.7. The number of carbonyl (C=O) groups excluding carboxylic acids is 2. The van der Waals surface area contributed by atoms with Crippen LogP contribution >= 0.6 is 12.4 Å². The third-order valence-electron chi connectivity index (χ3n) is 4.36. The molecule has 0 spiro atoms. The van der Waals surface area contributed by atoms with Gasteiger partial charge in [0.05, 0.1) is 12.5 Å². The maximum Gasteiger partial charge on any atom is 0.241 e. The monoisotopic (exact) mass is 368 g/mol. The van der Waals surface area contributed by atoms with Crippen LogP contribution in [0, 0.1) is 5.92 Å². The number of nitrogens with one attached hydrogen (secondary N) is 1. The molecule has 1 saturated heterocycles. The van der Waals surface area contributed by atoms with E-state index in [2.05, 4.69) is 10.2 Å². The van der Waals surface area contributed by atoms with E-state index < -0.39 is 0 Å². The van der Waals surface area contributed by atoms with Crippen molar-refractivity contribution in [3.05, 3.63) is 30.3 Å². The lowest BCUT2D eigenvalue weighted by Crippen LogP contribution is -2.48. The average molecular weight is 369 g/mol. The zero-order chi connectivity index (χ0) is 17.4. The van der Waals surface area contributed by atoms with Crippen molar-refractivity contribution < 1.29 is 9.59 Å². The lowest BCUT2D eigenvalue weighted by Gasteiger charge is -2.33. The van der Waals surface area contributed by atoms with Gasteiger partial charge in [0, 0.05) is 31.9 Å². The van der Waals surface area contributed by atoms with Crippen LogP contribution < -0.4 is 16.0 Å². The molecule has 0 radical (unpaired) electrons. The second-order valence-electron chi connectivity index (χ2n) is 6.13. The Balaban J connectivity index is 0.00000312. The Kier molecular flexibility index (Phi) is 9.49. The molecule has 7 heteroatoms. The van der Waals surface area contributed by atoms with Gasteiger partial charge in [-0.2, -0.15) is 0 Å². The van der Waals surface area contributed by atoms with Crippen LogP contribution in [0.1, 0.15) is 19.8 Å². The van der Waals surface area contributed by atoms with Crippen LogP contribution in [-0.4, -0.2) is 56.0 Å². The number of hydrogen-bond donors (Lipinski definition) is 2. The smallest absolute Gasteiger partial charge is 0.241 e. The van der Waals surface area contributed by atoms with E-state index in [1.54, 1.807) is 4.90 Å². The van der Waals surface area contributed by atoms with Crippen LogP contribution in [0.15, 0.2) is 30.3 Å². The number of likely N-dealkylation sites (N-methyl/N-ethyl adjacent to an activating group) is 1. The van der Waals surface area contributed by atoms with Crippen molar-refractivity contribution in [3.63, 3.8) is 0 Å². The van der Waals surface area contributed by atoms with Gasteiger partial charge in [0.2, 0.25) is 11.8 Å². The number of hydrogen-bond acceptors (Lipinski definition) is 4. The summed E-state index contributed by atoms with van der Waals surface area (Å²) >= 11 is 0. The lowest BCUT2D eigenvalue weighted by atomic mass is 9.97. The first kappa shape index (κ1) is 21.4. The number of rotatable bonds is 7. The van der Waals surface area contributed by atoms with Gasteiger partial charge in [-0.15, -0.1) is 12.4 Å². The van der Waals surface area contributed by atoms with E-state index in [1.165, 1.54) is 0 Å². The van der Waals surface area contributed by atoms with Gasteiger partial charge in [-0.3, -0.25) is 14.5 Å². The van der Waals surface area contributed by atoms with Gasteiger partial charge in [-0.1, -0.05) is 18.2 Å². The summed E-state index contributed by atoms with van der Waals surface area (Å²) in [6.45, 7) is 5.41. The summed E-state index contributed by atoms with van der Waals surface area (Å²) in [5, 5.41) is 2.85. The molecule has 1 fully saturated rings. The predicted molar refractivity (Wildman–Crippen MR) is 103 cm³/mol. The highest BCUT2D eigenvalue weighted by molar-refractivity contribution is 5.94. The maximum atomic E-state index is 12.7. The molecule has 1 aliphatic rings. The molecular weight excluding hydrogens is 340 g/mol. The molecule has 0 aromatic heterocycles. The van der Waals surface area contributed by atoms with Gasteiger partial charge in [0.1, 0.15) is 0 Å². The SMILES string of the molecule is CCN(C(=O)CN1CCCC(C(=O)NCCN)C1)c1ccccc1.Cl. The average Bonchev–Trinajstić information content (AvgIpc) is 2.61. The molecular formula is C18H29ClN4O2. The van der Waals surface area contributed by atoms with Gasteiger partial charge in [-0.05, 0) is 38.4 Å². The zero-order valence-corrected chi connectivity index (χ0v) is 15.6. The van der Waals surface area contributed by atoms with E-state index in [4.69, 9.17) is 5.73 Å². The minimum Gasteiger partial charge on any atom is -0.355 e. The van der Waals surface area contributed by atoms with Crippen molar-refractivity contribution in [1.29, 1.82) is 0 Å². The molecule has 6 nitrogen and oxygen atoms in total. The molecule has 1 aromatic rings. The third-order valence-corrected chi connectivity index (χ3v) is 4.36. The molecule has 1 aromatic carbocycles. The van der Waals surface area contributed by atoms with Crippen LogP contribution in [-0.2, 0) is 9.59 Å². The molecule has 0 bridgehead atoms. The van der Waals surface area contributed by atoms with E-state index in [9.17, 15) is 9.59 Å². The number of benzene rings is 1. The molecule has 2 amide bonds. The topological polar surface area (TPSA) is 78.7 Å². The van der Waals surface area contributed by atoms with Gasteiger partial charge < -0.3 is 16.0 Å². The Labute approximate surface area is 156 Å². The Hall–Kier alpha value is -1.63. The fourth-order valence-electron chi connectivity index (χ4n) is 3.14. The van der Waals surface area contributed by atoms with E-state index in [0.717, 1.165) is 25.1 Å². The van der Waals surface area contributed by atoms with E-state index >= 15 is 0 Å². The van der Waals surface area contributed by atoms with Crippen molar-refractivity contribution in [2.75, 3.05) is 44.2 Å². The van der Waals surface area contributed by atoms with Gasteiger partial charge in [-0.25, -0.2) is 0 Å². The fourth-order valence-corrected chi connectivity index (χ4v) is 3.14. The standard InChI is InChI=1S/C18H28N4O2.ClH/c1-2-22(16-8-4-3-5-9-16)17(23)14-21-12-6-7-15(13-21)18(24)20-11-10-19;/h3-5,8-9,15H,2,6-7,10-14,19H2,1H3,(H,20,24);1H. The second kappa shape index (κ2) is 11.1. The number of nitrogens with zero attached hydrogens (tertiary/aromatic N) is 2. The number of amides is 2. The number of nitrogens with two attached hydrogens (primary N) is 1. The quantitative estimate of drug-likeness (QED) is 0.759. The molecule has 140 valence electrons. The highest BCUT2D eigenvalue weighted by Crippen LogP contribution is 2.18. The van der Waals surface area contributed by atoms with Crippen molar-refractivity contribution in [1.82, 2.24) is 10.2 Å². The van der Waals surface area contributed by atoms with Crippen LogP contribution in [0.4, 0.5) is 5.69 Å². The Morgan fingerprint density at radius 2 is 2.04 bits per heavy atom. The highest BCUT2D eigenvalue weighted by Gasteiger charge is 2.27. The van der Waals surface area contributed by atoms with Gasteiger partial charge in [0.15, 0.2) is 0 Å². The summed E-state index contributed by atoms with van der Waals surface area (Å²) in [5.41, 5.74) is 6.34. The summed E-state index contributed by atoms with van der Waals surface area (Å²) in [4.78, 5) is 28.6. The molecule has 1 aliphatic heterocycles. The Bertz CT molecular complexity index is 541. The predicted octanol–water partition coefficient (Wildman–Crippen LogP) is 1.25. The highest BCUT2D eigenvalue weighted by atomic mass is 35.5. The Morgan fingerprint density at radius 1 is 1.32 bits per heavy atom. The summed E-state index contributed by atoms with van der Waals surface area (Å²) < 4.78 is 0. The third kappa shape index (κ3) is 6.30. The molecule has 0 saturated carbocycles. The summed E-state index contributed by atoms with van der Waals surface area (Å²) in [6, 6.07) is 9.70. The number of halogens is 1. The first-order valence-electron chi connectivity index (χ1n) is 8.71. The van der Waals surface area contributed by atoms with Crippen molar-refractivity contribution >= 4 is 29.9 Å². The molecule has 1 unspecified atom stereocenters. The van der Waals surface area contributed by atoms with Crippen LogP contribution in [0.2, 0.25) is 0 Å². The van der Waals surface area contributed by atoms with Crippen molar-refractivity contribution in [2.24, 2.45) is 11.7 Å². The van der Waals surface area contributed by atoms with Crippen LogP contribution in [0.5, 0.6) is 0 Å². The minimum atomic E-state index is -0.0510. The lowest BCUT2D eigenvalue weighted by molar-refractivity contribution is -0.128. The second-order valence-corrected chi connectivity index (χ2v) is 6.13.